The van der Waals surface area contributed by atoms with Gasteiger partial charge in [-0.15, -0.1) is 0 Å². The summed E-state index contributed by atoms with van der Waals surface area (Å²) in [6.45, 7) is 0. The average Bonchev–Trinajstić information content (AvgIpc) is 2.32. The lowest BCUT2D eigenvalue weighted by molar-refractivity contribution is 1.30. The molecule has 80 valence electrons. The lowest BCUT2D eigenvalue weighted by Gasteiger charge is -1.98. The molecule has 0 aromatic carbocycles. The van der Waals surface area contributed by atoms with E-state index < -0.39 is 0 Å². The fraction of sp³-hybridized carbons (Fsp3) is 0. The van der Waals surface area contributed by atoms with Crippen molar-refractivity contribution in [2.45, 2.75) is 0 Å². The van der Waals surface area contributed by atoms with Gasteiger partial charge in [0.2, 0.25) is 0 Å². The number of hydrogen-bond donors (Lipinski definition) is 1. The van der Waals surface area contributed by atoms with Crippen LogP contribution in [0.3, 0.4) is 0 Å². The monoisotopic (exact) mass is 276 g/mol. The molecule has 0 aliphatic rings. The molecule has 0 atom stereocenters. The van der Waals surface area contributed by atoms with E-state index in [1.165, 1.54) is 0 Å². The SMILES string of the molecule is Nc1ncc(Br)cc1C=Nc1cccnc1. The van der Waals surface area contributed by atoms with Gasteiger partial charge >= 0.3 is 0 Å². The van der Waals surface area contributed by atoms with Gasteiger partial charge in [-0.3, -0.25) is 9.98 Å². The molecule has 2 N–H and O–H groups in total. The summed E-state index contributed by atoms with van der Waals surface area (Å²) in [5.74, 6) is 0.454. The maximum Gasteiger partial charge on any atom is 0.132 e. The quantitative estimate of drug-likeness (QED) is 0.858. The topological polar surface area (TPSA) is 64.2 Å². The van der Waals surface area contributed by atoms with Crippen molar-refractivity contribution in [3.05, 3.63) is 46.8 Å². The molecule has 0 aliphatic heterocycles. The summed E-state index contributed by atoms with van der Waals surface area (Å²) >= 11 is 3.33. The highest BCUT2D eigenvalue weighted by Crippen LogP contribution is 2.15. The zero-order valence-electron chi connectivity index (χ0n) is 8.34. The summed E-state index contributed by atoms with van der Waals surface area (Å²) in [6.07, 6.45) is 6.70. The Bertz CT molecular complexity index is 511. The smallest absolute Gasteiger partial charge is 0.132 e. The third-order valence-electron chi connectivity index (χ3n) is 1.91. The van der Waals surface area contributed by atoms with E-state index in [1.54, 1.807) is 24.8 Å². The minimum atomic E-state index is 0.454. The van der Waals surface area contributed by atoms with Crippen molar-refractivity contribution in [1.82, 2.24) is 9.97 Å². The number of halogens is 1. The zero-order valence-corrected chi connectivity index (χ0v) is 9.92. The molecule has 0 fully saturated rings. The summed E-state index contributed by atoms with van der Waals surface area (Å²) < 4.78 is 0.870. The molecule has 0 aliphatic carbocycles. The molecule has 0 unspecified atom stereocenters. The molecule has 0 bridgehead atoms. The minimum Gasteiger partial charge on any atom is -0.383 e. The van der Waals surface area contributed by atoms with E-state index in [2.05, 4.69) is 30.9 Å². The van der Waals surface area contributed by atoms with Crippen LogP contribution in [0.5, 0.6) is 0 Å². The lowest BCUT2D eigenvalue weighted by atomic mass is 10.3. The first-order valence-corrected chi connectivity index (χ1v) is 5.40. The van der Waals surface area contributed by atoms with E-state index in [4.69, 9.17) is 5.73 Å². The maximum atomic E-state index is 5.71. The predicted molar refractivity (Wildman–Crippen MR) is 67.8 cm³/mol. The van der Waals surface area contributed by atoms with E-state index in [-0.39, 0.29) is 0 Å². The van der Waals surface area contributed by atoms with Gasteiger partial charge < -0.3 is 5.73 Å². The van der Waals surface area contributed by atoms with E-state index in [0.717, 1.165) is 15.7 Å². The Labute approximate surface area is 101 Å². The highest BCUT2D eigenvalue weighted by molar-refractivity contribution is 9.10. The van der Waals surface area contributed by atoms with E-state index >= 15 is 0 Å². The largest absolute Gasteiger partial charge is 0.383 e. The van der Waals surface area contributed by atoms with Crippen molar-refractivity contribution in [3.63, 3.8) is 0 Å². The number of rotatable bonds is 2. The molecular formula is C11H9BrN4. The summed E-state index contributed by atoms with van der Waals surface area (Å²) in [7, 11) is 0. The van der Waals surface area contributed by atoms with Crippen molar-refractivity contribution >= 4 is 33.6 Å². The molecule has 2 heterocycles. The van der Waals surface area contributed by atoms with Crippen LogP contribution in [0.2, 0.25) is 0 Å². The van der Waals surface area contributed by atoms with Crippen LogP contribution in [0, 0.1) is 0 Å². The molecule has 4 nitrogen and oxygen atoms in total. The molecular weight excluding hydrogens is 268 g/mol. The Morgan fingerprint density at radius 2 is 2.25 bits per heavy atom. The fourth-order valence-electron chi connectivity index (χ4n) is 1.14. The number of aliphatic imine (C=N–C) groups is 1. The molecule has 2 aromatic heterocycles. The standard InChI is InChI=1S/C11H9BrN4/c12-9-4-8(11(13)16-6-9)5-15-10-2-1-3-14-7-10/h1-7H,(H2,13,16). The molecule has 0 saturated carbocycles. The number of pyridine rings is 2. The van der Waals surface area contributed by atoms with Crippen molar-refractivity contribution in [2.75, 3.05) is 5.73 Å². The molecule has 0 amide bonds. The Morgan fingerprint density at radius 3 is 3.00 bits per heavy atom. The molecule has 5 heteroatoms. The average molecular weight is 277 g/mol. The summed E-state index contributed by atoms with van der Waals surface area (Å²) in [5.41, 5.74) is 7.27. The second-order valence-corrected chi connectivity index (χ2v) is 4.01. The van der Waals surface area contributed by atoms with Crippen LogP contribution in [0.4, 0.5) is 11.5 Å². The van der Waals surface area contributed by atoms with Gasteiger partial charge in [0.1, 0.15) is 5.82 Å². The second-order valence-electron chi connectivity index (χ2n) is 3.10. The number of nitrogens with zero attached hydrogens (tertiary/aromatic N) is 3. The van der Waals surface area contributed by atoms with E-state index in [1.807, 2.05) is 18.2 Å². The lowest BCUT2D eigenvalue weighted by Crippen LogP contribution is -1.96. The summed E-state index contributed by atoms with van der Waals surface area (Å²) in [6, 6.07) is 5.56. The highest BCUT2D eigenvalue weighted by Gasteiger charge is 1.98. The van der Waals surface area contributed by atoms with Gasteiger partial charge in [0.25, 0.3) is 0 Å². The Balaban J connectivity index is 2.27. The van der Waals surface area contributed by atoms with Crippen LogP contribution in [-0.2, 0) is 0 Å². The molecule has 2 rings (SSSR count). The van der Waals surface area contributed by atoms with Gasteiger partial charge in [0.05, 0.1) is 11.9 Å². The van der Waals surface area contributed by atoms with Gasteiger partial charge in [0.15, 0.2) is 0 Å². The third kappa shape index (κ3) is 2.64. The summed E-state index contributed by atoms with van der Waals surface area (Å²) in [4.78, 5) is 12.2. The molecule has 2 aromatic rings. The fourth-order valence-corrected chi connectivity index (χ4v) is 1.49. The van der Waals surface area contributed by atoms with Gasteiger partial charge in [-0.1, -0.05) is 0 Å². The van der Waals surface area contributed by atoms with Gasteiger partial charge in [-0.25, -0.2) is 4.98 Å². The van der Waals surface area contributed by atoms with Crippen molar-refractivity contribution in [2.24, 2.45) is 4.99 Å². The summed E-state index contributed by atoms with van der Waals surface area (Å²) in [5, 5.41) is 0. The number of hydrogen-bond acceptors (Lipinski definition) is 4. The number of nitrogens with two attached hydrogens (primary N) is 1. The van der Waals surface area contributed by atoms with Crippen LogP contribution in [0.15, 0.2) is 46.3 Å². The van der Waals surface area contributed by atoms with Crippen molar-refractivity contribution in [3.8, 4) is 0 Å². The maximum absolute atomic E-state index is 5.71. The van der Waals surface area contributed by atoms with Crippen molar-refractivity contribution in [1.29, 1.82) is 0 Å². The van der Waals surface area contributed by atoms with Crippen LogP contribution < -0.4 is 5.73 Å². The van der Waals surface area contributed by atoms with Crippen LogP contribution in [0.25, 0.3) is 0 Å². The van der Waals surface area contributed by atoms with E-state index in [9.17, 15) is 0 Å². The Kier molecular flexibility index (Phi) is 3.26. The first-order valence-electron chi connectivity index (χ1n) is 4.61. The van der Waals surface area contributed by atoms with Crippen LogP contribution in [0.1, 0.15) is 5.56 Å². The first kappa shape index (κ1) is 10.8. The normalized spacial score (nSPS) is 10.8. The predicted octanol–water partition coefficient (Wildman–Crippen LogP) is 2.57. The highest BCUT2D eigenvalue weighted by atomic mass is 79.9. The minimum absolute atomic E-state index is 0.454. The molecule has 0 radical (unpaired) electrons. The zero-order chi connectivity index (χ0) is 11.4. The number of anilines is 1. The Hall–Kier alpha value is -1.75. The molecule has 0 spiro atoms. The number of nitrogen functional groups attached to an aromatic ring is 1. The Morgan fingerprint density at radius 1 is 1.38 bits per heavy atom. The van der Waals surface area contributed by atoms with Crippen molar-refractivity contribution < 1.29 is 0 Å². The van der Waals surface area contributed by atoms with Gasteiger partial charge in [-0.2, -0.15) is 0 Å². The van der Waals surface area contributed by atoms with Gasteiger partial charge in [0, 0.05) is 28.6 Å². The van der Waals surface area contributed by atoms with Crippen LogP contribution in [-0.4, -0.2) is 16.2 Å². The number of aromatic nitrogens is 2. The second kappa shape index (κ2) is 4.85. The third-order valence-corrected chi connectivity index (χ3v) is 2.35. The van der Waals surface area contributed by atoms with Crippen LogP contribution >= 0.6 is 15.9 Å². The van der Waals surface area contributed by atoms with E-state index in [0.29, 0.717) is 5.82 Å². The molecule has 16 heavy (non-hydrogen) atoms. The van der Waals surface area contributed by atoms with Gasteiger partial charge in [-0.05, 0) is 34.1 Å². The first-order chi connectivity index (χ1) is 7.75. The molecule has 0 saturated heterocycles.